The van der Waals surface area contributed by atoms with Crippen molar-refractivity contribution in [2.75, 3.05) is 20.3 Å². The summed E-state index contributed by atoms with van der Waals surface area (Å²) in [6.45, 7) is -1.17. The third-order valence-electron chi connectivity index (χ3n) is 4.29. The third kappa shape index (κ3) is 4.27. The molecule has 0 aliphatic carbocycles. The number of hydrogen-bond donors (Lipinski definition) is 8. The van der Waals surface area contributed by atoms with Crippen LogP contribution in [0.25, 0.3) is 0 Å². The Kier molecular flexibility index (Phi) is 7.45. The maximum Gasteiger partial charge on any atom is 0.206 e. The molecule has 0 radical (unpaired) electrons. The number of rotatable bonds is 6. The van der Waals surface area contributed by atoms with Crippen LogP contribution in [-0.2, 0) is 19.0 Å². The molecule has 0 aromatic rings. The van der Waals surface area contributed by atoms with E-state index in [1.807, 2.05) is 0 Å². The molecule has 0 amide bonds. The summed E-state index contributed by atoms with van der Waals surface area (Å²) < 4.78 is 15.3. The molecule has 148 valence electrons. The number of aliphatic hydroxyl groups is 7. The van der Waals surface area contributed by atoms with Crippen molar-refractivity contribution in [1.82, 2.24) is 5.48 Å². The van der Waals surface area contributed by atoms with E-state index in [1.165, 1.54) is 7.11 Å². The Morgan fingerprint density at radius 1 is 0.760 bits per heavy atom. The number of nitrogens with one attached hydrogen (secondary N) is 1. The summed E-state index contributed by atoms with van der Waals surface area (Å²) in [5.74, 6) is 0. The first-order chi connectivity index (χ1) is 11.8. The lowest BCUT2D eigenvalue weighted by Crippen LogP contribution is -2.66. The molecule has 2 rings (SSSR count). The van der Waals surface area contributed by atoms with Gasteiger partial charge in [-0.25, -0.2) is 0 Å². The topological polar surface area (TPSA) is 191 Å². The molecular formula is C13H25NO11. The molecule has 0 aromatic heterocycles. The van der Waals surface area contributed by atoms with Gasteiger partial charge < -0.3 is 50.0 Å². The van der Waals surface area contributed by atoms with Crippen LogP contribution in [0.3, 0.4) is 0 Å². The molecule has 2 heterocycles. The van der Waals surface area contributed by atoms with Gasteiger partial charge in [0.2, 0.25) is 6.29 Å². The van der Waals surface area contributed by atoms with Crippen molar-refractivity contribution in [1.29, 1.82) is 0 Å². The Bertz CT molecular complexity index is 411. The summed E-state index contributed by atoms with van der Waals surface area (Å²) in [5.41, 5.74) is 2.32. The van der Waals surface area contributed by atoms with E-state index in [0.29, 0.717) is 0 Å². The van der Waals surface area contributed by atoms with Crippen LogP contribution in [0.4, 0.5) is 0 Å². The van der Waals surface area contributed by atoms with Crippen LogP contribution in [-0.4, -0.2) is 117 Å². The molecule has 2 saturated heterocycles. The maximum absolute atomic E-state index is 10.1. The minimum Gasteiger partial charge on any atom is -0.394 e. The van der Waals surface area contributed by atoms with Crippen LogP contribution in [0.2, 0.25) is 0 Å². The van der Waals surface area contributed by atoms with Crippen LogP contribution < -0.4 is 5.48 Å². The summed E-state index contributed by atoms with van der Waals surface area (Å²) >= 11 is 0. The molecule has 0 spiro atoms. The van der Waals surface area contributed by atoms with Gasteiger partial charge in [-0.1, -0.05) is 0 Å². The summed E-state index contributed by atoms with van der Waals surface area (Å²) in [7, 11) is 1.26. The number of hydrogen-bond acceptors (Lipinski definition) is 12. The highest BCUT2D eigenvalue weighted by Crippen LogP contribution is 2.24. The average molecular weight is 371 g/mol. The van der Waals surface area contributed by atoms with Gasteiger partial charge in [0.05, 0.1) is 19.3 Å². The summed E-state index contributed by atoms with van der Waals surface area (Å²) in [5, 5.41) is 67.8. The van der Waals surface area contributed by atoms with E-state index in [1.54, 1.807) is 0 Å². The van der Waals surface area contributed by atoms with Crippen molar-refractivity contribution in [2.45, 2.75) is 61.3 Å². The van der Waals surface area contributed by atoms with E-state index in [2.05, 4.69) is 5.48 Å². The van der Waals surface area contributed by atoms with Gasteiger partial charge in [-0.15, -0.1) is 0 Å². The first-order valence-electron chi connectivity index (χ1n) is 7.72. The monoisotopic (exact) mass is 371 g/mol. The lowest BCUT2D eigenvalue weighted by molar-refractivity contribution is -0.334. The average Bonchev–Trinajstić information content (AvgIpc) is 2.62. The van der Waals surface area contributed by atoms with Crippen molar-refractivity contribution >= 4 is 0 Å². The highest BCUT2D eigenvalue weighted by Gasteiger charge is 2.47. The van der Waals surface area contributed by atoms with Crippen molar-refractivity contribution in [2.24, 2.45) is 0 Å². The van der Waals surface area contributed by atoms with Crippen molar-refractivity contribution in [3.8, 4) is 0 Å². The first-order valence-corrected chi connectivity index (χ1v) is 7.72. The fraction of sp³-hybridized carbons (Fsp3) is 1.00. The van der Waals surface area contributed by atoms with Gasteiger partial charge in [0, 0.05) is 7.11 Å². The molecule has 8 N–H and O–H groups in total. The minimum absolute atomic E-state index is 0.542. The smallest absolute Gasteiger partial charge is 0.206 e. The van der Waals surface area contributed by atoms with E-state index in [4.69, 9.17) is 24.2 Å². The van der Waals surface area contributed by atoms with Gasteiger partial charge in [-0.2, -0.15) is 5.48 Å². The van der Waals surface area contributed by atoms with Gasteiger partial charge in [0.1, 0.15) is 42.7 Å². The quantitative estimate of drug-likeness (QED) is 0.207. The van der Waals surface area contributed by atoms with Gasteiger partial charge in [-0.05, 0) is 0 Å². The van der Waals surface area contributed by atoms with Crippen LogP contribution in [0.1, 0.15) is 0 Å². The molecule has 2 aliphatic rings. The molecule has 2 fully saturated rings. The normalized spacial score (nSPS) is 48.5. The molecule has 12 nitrogen and oxygen atoms in total. The van der Waals surface area contributed by atoms with Gasteiger partial charge in [0.25, 0.3) is 0 Å². The molecule has 0 aromatic carbocycles. The molecule has 0 saturated carbocycles. The molecule has 25 heavy (non-hydrogen) atoms. The third-order valence-corrected chi connectivity index (χ3v) is 4.29. The second kappa shape index (κ2) is 8.94. The van der Waals surface area contributed by atoms with Crippen molar-refractivity contribution in [3.05, 3.63) is 0 Å². The van der Waals surface area contributed by atoms with E-state index in [9.17, 15) is 30.6 Å². The largest absolute Gasteiger partial charge is 0.394 e. The Morgan fingerprint density at radius 2 is 1.32 bits per heavy atom. The lowest BCUT2D eigenvalue weighted by atomic mass is 9.97. The fourth-order valence-corrected chi connectivity index (χ4v) is 2.74. The Morgan fingerprint density at radius 3 is 1.88 bits per heavy atom. The van der Waals surface area contributed by atoms with E-state index in [0.717, 1.165) is 0 Å². The van der Waals surface area contributed by atoms with Crippen molar-refractivity contribution < 1.29 is 54.8 Å². The highest BCUT2D eigenvalue weighted by atomic mass is 16.8. The SMILES string of the molecule is CO[C@H]1O[C@H](CO)[C@@H](NO[C@@H]2O[C@H](CO)[C@H](O)[C@H](O)[C@H]2O)[C@H](O)[C@H]1O. The standard InChI is InChI=1S/C13H25NO11/c1-22-12-10(20)8(18)6(4(2-15)23-12)14-25-13-11(21)9(19)7(17)5(3-16)24-13/h4-21H,2-3H2,1H3/t4-,5-,6-,7+,8+,9+,10-,11-,12+,13+/m1/s1. The van der Waals surface area contributed by atoms with Crippen molar-refractivity contribution in [3.63, 3.8) is 0 Å². The zero-order chi connectivity index (χ0) is 18.7. The predicted octanol–water partition coefficient (Wildman–Crippen LogP) is -5.24. The molecular weight excluding hydrogens is 346 g/mol. The van der Waals surface area contributed by atoms with Crippen LogP contribution in [0, 0.1) is 0 Å². The lowest BCUT2D eigenvalue weighted by Gasteiger charge is -2.43. The number of ether oxygens (including phenoxy) is 3. The summed E-state index contributed by atoms with van der Waals surface area (Å²) in [6, 6.07) is -1.13. The van der Waals surface area contributed by atoms with Crippen LogP contribution >= 0.6 is 0 Å². The molecule has 0 unspecified atom stereocenters. The number of aliphatic hydroxyl groups excluding tert-OH is 7. The van der Waals surface area contributed by atoms with Gasteiger partial charge in [0.15, 0.2) is 6.29 Å². The molecule has 10 atom stereocenters. The summed E-state index contributed by atoms with van der Waals surface area (Å²) in [4.78, 5) is 5.10. The molecule has 0 bridgehead atoms. The zero-order valence-electron chi connectivity index (χ0n) is 13.5. The Hall–Kier alpha value is -0.480. The summed E-state index contributed by atoms with van der Waals surface area (Å²) in [6.07, 6.45) is -12.6. The predicted molar refractivity (Wildman–Crippen MR) is 76.5 cm³/mol. The Balaban J connectivity index is 2.00. The maximum atomic E-state index is 10.1. The zero-order valence-corrected chi connectivity index (χ0v) is 13.5. The Labute approximate surface area is 143 Å². The van der Waals surface area contributed by atoms with Crippen LogP contribution in [0.5, 0.6) is 0 Å². The second-order valence-corrected chi connectivity index (χ2v) is 5.90. The molecule has 2 aliphatic heterocycles. The van der Waals surface area contributed by atoms with Gasteiger partial charge in [-0.3, -0.25) is 4.84 Å². The van der Waals surface area contributed by atoms with E-state index >= 15 is 0 Å². The number of methoxy groups -OCH3 is 1. The number of hydroxylamine groups is 1. The fourth-order valence-electron chi connectivity index (χ4n) is 2.74. The first kappa shape index (κ1) is 20.8. The minimum atomic E-state index is -1.66. The van der Waals surface area contributed by atoms with Gasteiger partial charge >= 0.3 is 0 Å². The molecule has 12 heteroatoms. The highest BCUT2D eigenvalue weighted by molar-refractivity contribution is 4.93. The van der Waals surface area contributed by atoms with E-state index in [-0.39, 0.29) is 0 Å². The van der Waals surface area contributed by atoms with Crippen LogP contribution in [0.15, 0.2) is 0 Å². The second-order valence-electron chi connectivity index (χ2n) is 5.90. The van der Waals surface area contributed by atoms with E-state index < -0.39 is 74.6 Å².